The van der Waals surface area contributed by atoms with Crippen LogP contribution in [-0.2, 0) is 0 Å². The van der Waals surface area contributed by atoms with Gasteiger partial charge in [-0.2, -0.15) is 0 Å². The second kappa shape index (κ2) is 2.62. The minimum absolute atomic E-state index is 0.321. The summed E-state index contributed by atoms with van der Waals surface area (Å²) in [5, 5.41) is 0. The van der Waals surface area contributed by atoms with Crippen molar-refractivity contribution in [2.24, 2.45) is 22.2 Å². The summed E-state index contributed by atoms with van der Waals surface area (Å²) >= 11 is 0. The van der Waals surface area contributed by atoms with E-state index >= 15 is 0 Å². The summed E-state index contributed by atoms with van der Waals surface area (Å²) in [6.45, 7) is 16.5. The van der Waals surface area contributed by atoms with Gasteiger partial charge in [-0.15, -0.1) is 0 Å². The molecule has 0 heterocycles. The van der Waals surface area contributed by atoms with Crippen LogP contribution in [0.2, 0.25) is 0 Å². The molecule has 0 saturated heterocycles. The van der Waals surface area contributed by atoms with E-state index in [2.05, 4.69) is 60.6 Å². The highest BCUT2D eigenvalue weighted by Crippen LogP contribution is 2.55. The second-order valence-corrected chi connectivity index (χ2v) is 6.32. The molecule has 1 atom stereocenters. The van der Waals surface area contributed by atoms with E-state index in [1.807, 2.05) is 0 Å². The summed E-state index contributed by atoms with van der Waals surface area (Å²) in [5.41, 5.74) is 1.05. The Bertz CT molecular complexity index is 228. The van der Waals surface area contributed by atoms with E-state index in [0.29, 0.717) is 16.2 Å². The van der Waals surface area contributed by atoms with Gasteiger partial charge in [0.05, 0.1) is 0 Å². The first kappa shape index (κ1) is 10.8. The Morgan fingerprint density at radius 2 is 1.31 bits per heavy atom. The smallest absolute Gasteiger partial charge is 0.0121 e. The third-order valence-corrected chi connectivity index (χ3v) is 4.79. The maximum absolute atomic E-state index is 2.40. The van der Waals surface area contributed by atoms with Crippen LogP contribution < -0.4 is 0 Å². The molecule has 0 aromatic carbocycles. The molecule has 1 aliphatic rings. The molecule has 1 rings (SSSR count). The van der Waals surface area contributed by atoms with Crippen LogP contribution in [0, 0.1) is 22.2 Å². The molecule has 0 heteroatoms. The van der Waals surface area contributed by atoms with Crippen molar-refractivity contribution in [1.29, 1.82) is 0 Å². The van der Waals surface area contributed by atoms with Crippen molar-refractivity contribution in [3.63, 3.8) is 0 Å². The second-order valence-electron chi connectivity index (χ2n) is 6.32. The van der Waals surface area contributed by atoms with Crippen molar-refractivity contribution in [2.45, 2.75) is 48.5 Å². The van der Waals surface area contributed by atoms with Gasteiger partial charge in [0.1, 0.15) is 0 Å². The minimum atomic E-state index is 0.321. The highest BCUT2D eigenvalue weighted by Gasteiger charge is 2.47. The molecule has 1 aliphatic carbocycles. The number of hydrogen-bond donors (Lipinski definition) is 0. The summed E-state index contributed by atoms with van der Waals surface area (Å²) in [6.07, 6.45) is 4.79. The van der Waals surface area contributed by atoms with Gasteiger partial charge in [-0.05, 0) is 22.2 Å². The average molecular weight is 180 g/mol. The largest absolute Gasteiger partial charge is 0.0820 e. The summed E-state index contributed by atoms with van der Waals surface area (Å²) in [6, 6.07) is 0. The van der Waals surface area contributed by atoms with Crippen LogP contribution in [0.3, 0.4) is 0 Å². The minimum Gasteiger partial charge on any atom is -0.0820 e. The number of rotatable bonds is 0. The summed E-state index contributed by atoms with van der Waals surface area (Å²) < 4.78 is 0. The van der Waals surface area contributed by atoms with Crippen LogP contribution in [0.15, 0.2) is 12.2 Å². The zero-order valence-corrected chi connectivity index (χ0v) is 10.2. The van der Waals surface area contributed by atoms with E-state index in [-0.39, 0.29) is 0 Å². The summed E-state index contributed by atoms with van der Waals surface area (Å²) in [7, 11) is 0. The predicted octanol–water partition coefficient (Wildman–Crippen LogP) is 4.27. The molecule has 0 aliphatic heterocycles. The molecule has 0 aromatic heterocycles. The van der Waals surface area contributed by atoms with Crippen LogP contribution in [0.25, 0.3) is 0 Å². The molecule has 1 unspecified atom stereocenters. The number of hydrogen-bond acceptors (Lipinski definition) is 0. The quantitative estimate of drug-likeness (QED) is 0.488. The van der Waals surface area contributed by atoms with Gasteiger partial charge in [0.25, 0.3) is 0 Å². The number of allylic oxidation sites excluding steroid dienone is 2. The first-order valence-corrected chi connectivity index (χ1v) is 5.32. The first-order valence-electron chi connectivity index (χ1n) is 5.32. The molecule has 0 amide bonds. The fraction of sp³-hybridized carbons (Fsp3) is 0.846. The van der Waals surface area contributed by atoms with Gasteiger partial charge in [-0.3, -0.25) is 0 Å². The van der Waals surface area contributed by atoms with E-state index in [9.17, 15) is 0 Å². The van der Waals surface area contributed by atoms with Crippen molar-refractivity contribution < 1.29 is 0 Å². The van der Waals surface area contributed by atoms with Crippen LogP contribution >= 0.6 is 0 Å². The Hall–Kier alpha value is -0.260. The van der Waals surface area contributed by atoms with Crippen molar-refractivity contribution in [3.05, 3.63) is 12.2 Å². The standard InChI is InChI=1S/C13H24/c1-10-11(2,3)8-9-12(4,5)13(10,6)7/h8-10H,1-7H3. The van der Waals surface area contributed by atoms with E-state index in [0.717, 1.165) is 5.92 Å². The third-order valence-electron chi connectivity index (χ3n) is 4.79. The Kier molecular flexibility index (Phi) is 2.18. The Balaban J connectivity index is 3.17. The Labute approximate surface area is 83.4 Å². The van der Waals surface area contributed by atoms with Crippen molar-refractivity contribution in [1.82, 2.24) is 0 Å². The van der Waals surface area contributed by atoms with Crippen molar-refractivity contribution in [3.8, 4) is 0 Å². The summed E-state index contributed by atoms with van der Waals surface area (Å²) in [5.74, 6) is 0.722. The lowest BCUT2D eigenvalue weighted by Crippen LogP contribution is -2.45. The zero-order chi connectivity index (χ0) is 10.5. The van der Waals surface area contributed by atoms with Crippen LogP contribution in [0.5, 0.6) is 0 Å². The average Bonchev–Trinajstić information content (AvgIpc) is 1.97. The molecule has 0 nitrogen and oxygen atoms in total. The first-order chi connectivity index (χ1) is 5.61. The topological polar surface area (TPSA) is 0 Å². The fourth-order valence-electron chi connectivity index (χ4n) is 2.27. The normalized spacial score (nSPS) is 34.5. The maximum Gasteiger partial charge on any atom is -0.0121 e. The monoisotopic (exact) mass is 180 g/mol. The predicted molar refractivity (Wildman–Crippen MR) is 59.6 cm³/mol. The van der Waals surface area contributed by atoms with Gasteiger partial charge in [0.15, 0.2) is 0 Å². The fourth-order valence-corrected chi connectivity index (χ4v) is 2.27. The SMILES string of the molecule is CC1C(C)(C)C=CC(C)(C)C1(C)C. The highest BCUT2D eigenvalue weighted by molar-refractivity contribution is 5.16. The van der Waals surface area contributed by atoms with E-state index < -0.39 is 0 Å². The lowest BCUT2D eigenvalue weighted by molar-refractivity contribution is 0.0163. The Morgan fingerprint density at radius 3 is 1.69 bits per heavy atom. The van der Waals surface area contributed by atoms with E-state index in [4.69, 9.17) is 0 Å². The molecule has 0 aromatic rings. The Morgan fingerprint density at radius 1 is 0.846 bits per heavy atom. The van der Waals surface area contributed by atoms with Gasteiger partial charge < -0.3 is 0 Å². The molecule has 0 spiro atoms. The lowest BCUT2D eigenvalue weighted by Gasteiger charge is -2.53. The van der Waals surface area contributed by atoms with Gasteiger partial charge >= 0.3 is 0 Å². The van der Waals surface area contributed by atoms with Crippen molar-refractivity contribution in [2.75, 3.05) is 0 Å². The van der Waals surface area contributed by atoms with Gasteiger partial charge in [0.2, 0.25) is 0 Å². The lowest BCUT2D eigenvalue weighted by atomic mass is 9.51. The molecular weight excluding hydrogens is 156 g/mol. The van der Waals surface area contributed by atoms with Crippen LogP contribution in [0.1, 0.15) is 48.5 Å². The third kappa shape index (κ3) is 1.45. The van der Waals surface area contributed by atoms with Gasteiger partial charge in [0, 0.05) is 0 Å². The molecule has 0 bridgehead atoms. The molecule has 76 valence electrons. The molecule has 0 fully saturated rings. The molecule has 0 radical (unpaired) electrons. The van der Waals surface area contributed by atoms with E-state index in [1.165, 1.54) is 0 Å². The summed E-state index contributed by atoms with van der Waals surface area (Å²) in [4.78, 5) is 0. The maximum atomic E-state index is 2.40. The van der Waals surface area contributed by atoms with Crippen LogP contribution in [-0.4, -0.2) is 0 Å². The molecule has 13 heavy (non-hydrogen) atoms. The van der Waals surface area contributed by atoms with Gasteiger partial charge in [-0.25, -0.2) is 0 Å². The molecule has 0 saturated carbocycles. The van der Waals surface area contributed by atoms with Crippen LogP contribution in [0.4, 0.5) is 0 Å². The van der Waals surface area contributed by atoms with Gasteiger partial charge in [-0.1, -0.05) is 60.6 Å². The molecular formula is C13H24. The highest BCUT2D eigenvalue weighted by atomic mass is 14.5. The molecule has 0 N–H and O–H groups in total. The van der Waals surface area contributed by atoms with Crippen molar-refractivity contribution >= 4 is 0 Å². The van der Waals surface area contributed by atoms with E-state index in [1.54, 1.807) is 0 Å². The zero-order valence-electron chi connectivity index (χ0n) is 10.2.